The van der Waals surface area contributed by atoms with Crippen LogP contribution in [-0.4, -0.2) is 13.1 Å². The van der Waals surface area contributed by atoms with Crippen molar-refractivity contribution in [1.29, 1.82) is 0 Å². The summed E-state index contributed by atoms with van der Waals surface area (Å²) < 4.78 is 0. The molecule has 0 unspecified atom stereocenters. The second-order valence-corrected chi connectivity index (χ2v) is 5.92. The summed E-state index contributed by atoms with van der Waals surface area (Å²) in [6.45, 7) is 13.3. The van der Waals surface area contributed by atoms with Gasteiger partial charge in [0.1, 0.15) is 0 Å². The van der Waals surface area contributed by atoms with E-state index in [0.717, 1.165) is 19.5 Å². The Morgan fingerprint density at radius 1 is 1.12 bits per heavy atom. The number of nitrogens with one attached hydrogen (secondary N) is 1. The Hall–Kier alpha value is -0.820. The third-order valence-corrected chi connectivity index (χ3v) is 2.72. The average molecular weight is 219 g/mol. The minimum Gasteiger partial charge on any atom is -0.316 e. The Bertz CT molecular complexity index is 334. The minimum atomic E-state index is 0.377. The fourth-order valence-corrected chi connectivity index (χ4v) is 1.81. The highest BCUT2D eigenvalue weighted by Crippen LogP contribution is 2.12. The van der Waals surface area contributed by atoms with Gasteiger partial charge in [0.05, 0.1) is 0 Å². The van der Waals surface area contributed by atoms with Crippen LogP contribution in [0.3, 0.4) is 0 Å². The molecule has 0 aliphatic heterocycles. The molecule has 1 nitrogen and oxygen atoms in total. The lowest BCUT2D eigenvalue weighted by Gasteiger charge is -2.19. The van der Waals surface area contributed by atoms with Gasteiger partial charge in [-0.05, 0) is 43.4 Å². The summed E-state index contributed by atoms with van der Waals surface area (Å²) in [7, 11) is 0. The quantitative estimate of drug-likeness (QED) is 0.764. The van der Waals surface area contributed by atoms with Crippen LogP contribution in [0.25, 0.3) is 0 Å². The van der Waals surface area contributed by atoms with Crippen LogP contribution < -0.4 is 5.32 Å². The maximum atomic E-state index is 3.52. The van der Waals surface area contributed by atoms with Crippen LogP contribution >= 0.6 is 0 Å². The van der Waals surface area contributed by atoms with Gasteiger partial charge in [-0.25, -0.2) is 0 Å². The lowest BCUT2D eigenvalue weighted by molar-refractivity contribution is 0.381. The van der Waals surface area contributed by atoms with Gasteiger partial charge in [-0.1, -0.05) is 44.5 Å². The average Bonchev–Trinajstić information content (AvgIpc) is 2.13. The first-order valence-corrected chi connectivity index (χ1v) is 6.15. The minimum absolute atomic E-state index is 0.377. The first kappa shape index (κ1) is 13.2. The number of hydrogen-bond acceptors (Lipinski definition) is 1. The molecule has 16 heavy (non-hydrogen) atoms. The molecule has 0 spiro atoms. The van der Waals surface area contributed by atoms with Crippen LogP contribution in [0.1, 0.15) is 37.5 Å². The summed E-state index contributed by atoms with van der Waals surface area (Å²) in [5, 5.41) is 3.52. The molecular weight excluding hydrogens is 194 g/mol. The molecule has 90 valence electrons. The fourth-order valence-electron chi connectivity index (χ4n) is 1.81. The smallest absolute Gasteiger partial charge is 0.000000407 e. The number of benzene rings is 1. The molecule has 0 radical (unpaired) electrons. The maximum absolute atomic E-state index is 3.52. The van der Waals surface area contributed by atoms with Crippen LogP contribution in [0.15, 0.2) is 18.2 Å². The molecule has 0 aliphatic rings. The summed E-state index contributed by atoms with van der Waals surface area (Å²) in [5.74, 6) is 0. The highest BCUT2D eigenvalue weighted by molar-refractivity contribution is 5.30. The standard InChI is InChI=1S/C15H25N/c1-12-6-7-14(13(2)10-12)8-9-16-11-15(3,4)5/h6-7,10,16H,8-9,11H2,1-5H3. The van der Waals surface area contributed by atoms with E-state index in [0.29, 0.717) is 5.41 Å². The Kier molecular flexibility index (Phi) is 4.55. The van der Waals surface area contributed by atoms with Crippen molar-refractivity contribution < 1.29 is 0 Å². The number of aryl methyl sites for hydroxylation is 2. The van der Waals surface area contributed by atoms with Gasteiger partial charge in [0, 0.05) is 6.54 Å². The van der Waals surface area contributed by atoms with E-state index in [2.05, 4.69) is 58.1 Å². The molecule has 1 N–H and O–H groups in total. The summed E-state index contributed by atoms with van der Waals surface area (Å²) >= 11 is 0. The van der Waals surface area contributed by atoms with Crippen molar-refractivity contribution in [3.05, 3.63) is 34.9 Å². The van der Waals surface area contributed by atoms with Crippen molar-refractivity contribution in [2.45, 2.75) is 41.0 Å². The van der Waals surface area contributed by atoms with E-state index in [-0.39, 0.29) is 0 Å². The lowest BCUT2D eigenvalue weighted by atomic mass is 9.97. The predicted octanol–water partition coefficient (Wildman–Crippen LogP) is 3.48. The highest BCUT2D eigenvalue weighted by Gasteiger charge is 2.08. The van der Waals surface area contributed by atoms with Gasteiger partial charge in [-0.2, -0.15) is 0 Å². The van der Waals surface area contributed by atoms with Crippen molar-refractivity contribution in [2.24, 2.45) is 5.41 Å². The van der Waals surface area contributed by atoms with Gasteiger partial charge >= 0.3 is 0 Å². The molecule has 1 heteroatoms. The van der Waals surface area contributed by atoms with Crippen molar-refractivity contribution >= 4 is 0 Å². The van der Waals surface area contributed by atoms with Crippen molar-refractivity contribution in [2.75, 3.05) is 13.1 Å². The van der Waals surface area contributed by atoms with Crippen LogP contribution in [-0.2, 0) is 6.42 Å². The summed E-state index contributed by atoms with van der Waals surface area (Å²) in [6, 6.07) is 6.72. The summed E-state index contributed by atoms with van der Waals surface area (Å²) in [5.41, 5.74) is 4.61. The Balaban J connectivity index is 2.38. The Morgan fingerprint density at radius 3 is 2.38 bits per heavy atom. The Morgan fingerprint density at radius 2 is 1.81 bits per heavy atom. The second-order valence-electron chi connectivity index (χ2n) is 5.92. The predicted molar refractivity (Wildman–Crippen MR) is 71.9 cm³/mol. The molecule has 0 fully saturated rings. The molecular formula is C15H25N. The monoisotopic (exact) mass is 219 g/mol. The van der Waals surface area contributed by atoms with Gasteiger partial charge in [-0.3, -0.25) is 0 Å². The fraction of sp³-hybridized carbons (Fsp3) is 0.600. The third-order valence-electron chi connectivity index (χ3n) is 2.72. The maximum Gasteiger partial charge on any atom is 0.000000407 e. The molecule has 0 heterocycles. The first-order valence-electron chi connectivity index (χ1n) is 6.15. The van der Waals surface area contributed by atoms with Gasteiger partial charge in [0.15, 0.2) is 0 Å². The number of hydrogen-bond donors (Lipinski definition) is 1. The molecule has 0 saturated carbocycles. The number of rotatable bonds is 4. The molecule has 0 atom stereocenters. The van der Waals surface area contributed by atoms with Crippen LogP contribution in [0.4, 0.5) is 0 Å². The van der Waals surface area contributed by atoms with E-state index in [9.17, 15) is 0 Å². The van der Waals surface area contributed by atoms with Crippen molar-refractivity contribution in [3.63, 3.8) is 0 Å². The third kappa shape index (κ3) is 4.80. The SMILES string of the molecule is Cc1ccc(CCNCC(C)(C)C)c(C)c1. The molecule has 1 rings (SSSR count). The molecule has 0 bridgehead atoms. The van der Waals surface area contributed by atoms with Gasteiger partial charge in [0.25, 0.3) is 0 Å². The second kappa shape index (κ2) is 5.49. The summed E-state index contributed by atoms with van der Waals surface area (Å²) in [4.78, 5) is 0. The zero-order chi connectivity index (χ0) is 12.2. The van der Waals surface area contributed by atoms with Crippen molar-refractivity contribution in [1.82, 2.24) is 5.32 Å². The molecule has 0 aliphatic carbocycles. The van der Waals surface area contributed by atoms with Crippen LogP contribution in [0.5, 0.6) is 0 Å². The van der Waals surface area contributed by atoms with E-state index in [4.69, 9.17) is 0 Å². The van der Waals surface area contributed by atoms with Gasteiger partial charge < -0.3 is 5.32 Å². The largest absolute Gasteiger partial charge is 0.316 e. The van der Waals surface area contributed by atoms with E-state index in [1.807, 2.05) is 0 Å². The molecule has 0 amide bonds. The first-order chi connectivity index (χ1) is 7.38. The molecule has 0 saturated heterocycles. The van der Waals surface area contributed by atoms with Crippen molar-refractivity contribution in [3.8, 4) is 0 Å². The van der Waals surface area contributed by atoms with Gasteiger partial charge in [0.2, 0.25) is 0 Å². The summed E-state index contributed by atoms with van der Waals surface area (Å²) in [6.07, 6.45) is 1.13. The van der Waals surface area contributed by atoms with E-state index >= 15 is 0 Å². The lowest BCUT2D eigenvalue weighted by Crippen LogP contribution is -2.28. The van der Waals surface area contributed by atoms with E-state index in [1.165, 1.54) is 16.7 Å². The topological polar surface area (TPSA) is 12.0 Å². The highest BCUT2D eigenvalue weighted by atomic mass is 14.9. The Labute approximate surface area is 100 Å². The van der Waals surface area contributed by atoms with Gasteiger partial charge in [-0.15, -0.1) is 0 Å². The molecule has 1 aromatic carbocycles. The molecule has 0 aromatic heterocycles. The van der Waals surface area contributed by atoms with Crippen LogP contribution in [0, 0.1) is 19.3 Å². The molecule has 1 aromatic rings. The zero-order valence-electron chi connectivity index (χ0n) is 11.4. The van der Waals surface area contributed by atoms with E-state index < -0.39 is 0 Å². The normalized spacial score (nSPS) is 11.8. The van der Waals surface area contributed by atoms with Crippen LogP contribution in [0.2, 0.25) is 0 Å². The van der Waals surface area contributed by atoms with E-state index in [1.54, 1.807) is 0 Å². The zero-order valence-corrected chi connectivity index (χ0v) is 11.4.